The first kappa shape index (κ1) is 14.3. The van der Waals surface area contributed by atoms with E-state index < -0.39 is 4.92 Å². The molecule has 20 heavy (non-hydrogen) atoms. The second-order valence-electron chi connectivity index (χ2n) is 4.81. The Labute approximate surface area is 116 Å². The normalized spacial score (nSPS) is 13.8. The molecule has 0 aliphatic heterocycles. The molecule has 0 heterocycles. The van der Waals surface area contributed by atoms with E-state index in [1.807, 2.05) is 0 Å². The maximum absolute atomic E-state index is 11.8. The molecule has 0 bridgehead atoms. The summed E-state index contributed by atoms with van der Waals surface area (Å²) in [5, 5.41) is 16.8. The number of nitrogens with two attached hydrogens (primary N) is 1. The Morgan fingerprint density at radius 2 is 2.20 bits per heavy atom. The van der Waals surface area contributed by atoms with Crippen molar-refractivity contribution in [2.75, 3.05) is 18.4 Å². The van der Waals surface area contributed by atoms with Gasteiger partial charge in [-0.15, -0.1) is 0 Å². The number of hydrogen-bond acceptors (Lipinski definition) is 5. The summed E-state index contributed by atoms with van der Waals surface area (Å²) in [5.74, 6) is -0.320. The molecule has 1 aliphatic carbocycles. The van der Waals surface area contributed by atoms with E-state index in [2.05, 4.69) is 10.6 Å². The van der Waals surface area contributed by atoms with Crippen molar-refractivity contribution in [2.24, 2.45) is 5.73 Å². The fourth-order valence-electron chi connectivity index (χ4n) is 1.80. The minimum absolute atomic E-state index is 0.0663. The Balaban J connectivity index is 2.11. The second kappa shape index (κ2) is 6.33. The minimum atomic E-state index is -0.471. The van der Waals surface area contributed by atoms with Gasteiger partial charge in [0.2, 0.25) is 0 Å². The molecule has 1 fully saturated rings. The smallest absolute Gasteiger partial charge is 0.293 e. The Bertz CT molecular complexity index is 514. The molecule has 1 aliphatic rings. The van der Waals surface area contributed by atoms with E-state index >= 15 is 0 Å². The highest BCUT2D eigenvalue weighted by atomic mass is 16.6. The van der Waals surface area contributed by atoms with Gasteiger partial charge < -0.3 is 16.4 Å². The SMILES string of the molecule is NCCCNC(=O)c1ccc(NC2CC2)c([N+](=O)[O-])c1. The van der Waals surface area contributed by atoms with Crippen molar-refractivity contribution >= 4 is 17.3 Å². The summed E-state index contributed by atoms with van der Waals surface area (Å²) in [4.78, 5) is 22.5. The van der Waals surface area contributed by atoms with Gasteiger partial charge in [0.1, 0.15) is 5.69 Å². The number of nitro benzene ring substituents is 1. The number of benzene rings is 1. The number of anilines is 1. The quantitative estimate of drug-likeness (QED) is 0.395. The highest BCUT2D eigenvalue weighted by Crippen LogP contribution is 2.31. The molecule has 1 saturated carbocycles. The van der Waals surface area contributed by atoms with Gasteiger partial charge in [0.05, 0.1) is 4.92 Å². The lowest BCUT2D eigenvalue weighted by molar-refractivity contribution is -0.384. The van der Waals surface area contributed by atoms with Crippen LogP contribution in [0.15, 0.2) is 18.2 Å². The fraction of sp³-hybridized carbons (Fsp3) is 0.462. The molecule has 0 aromatic heterocycles. The van der Waals surface area contributed by atoms with E-state index in [0.29, 0.717) is 31.2 Å². The molecule has 0 atom stereocenters. The Kier molecular flexibility index (Phi) is 4.52. The third-order valence-electron chi connectivity index (χ3n) is 3.06. The zero-order valence-electron chi connectivity index (χ0n) is 11.1. The molecule has 0 radical (unpaired) electrons. The fourth-order valence-corrected chi connectivity index (χ4v) is 1.80. The van der Waals surface area contributed by atoms with Crippen molar-refractivity contribution in [1.29, 1.82) is 0 Å². The molecule has 0 spiro atoms. The van der Waals surface area contributed by atoms with Crippen LogP contribution in [0.3, 0.4) is 0 Å². The van der Waals surface area contributed by atoms with Crippen molar-refractivity contribution < 1.29 is 9.72 Å². The van der Waals surface area contributed by atoms with Crippen LogP contribution in [0, 0.1) is 10.1 Å². The lowest BCUT2D eigenvalue weighted by atomic mass is 10.1. The lowest BCUT2D eigenvalue weighted by Gasteiger charge is -2.08. The van der Waals surface area contributed by atoms with Crippen molar-refractivity contribution in [3.05, 3.63) is 33.9 Å². The van der Waals surface area contributed by atoms with E-state index in [1.165, 1.54) is 6.07 Å². The molecule has 7 nitrogen and oxygen atoms in total. The third-order valence-corrected chi connectivity index (χ3v) is 3.06. The second-order valence-corrected chi connectivity index (χ2v) is 4.81. The van der Waals surface area contributed by atoms with Crippen molar-refractivity contribution in [3.8, 4) is 0 Å². The standard InChI is InChI=1S/C13H18N4O3/c14-6-1-7-15-13(18)9-2-5-11(16-10-3-4-10)12(8-9)17(19)20/h2,5,8,10,16H,1,3-4,6-7,14H2,(H,15,18). The highest BCUT2D eigenvalue weighted by Gasteiger charge is 2.25. The number of nitro groups is 1. The molecule has 4 N–H and O–H groups in total. The van der Waals surface area contributed by atoms with Gasteiger partial charge in [-0.2, -0.15) is 0 Å². The summed E-state index contributed by atoms with van der Waals surface area (Å²) in [6, 6.07) is 4.81. The summed E-state index contributed by atoms with van der Waals surface area (Å²) in [6.45, 7) is 0.954. The largest absolute Gasteiger partial charge is 0.377 e. The number of carbonyl (C=O) groups excluding carboxylic acids is 1. The number of carbonyl (C=O) groups is 1. The average molecular weight is 278 g/mol. The van der Waals surface area contributed by atoms with Gasteiger partial charge in [0.25, 0.3) is 11.6 Å². The molecule has 1 aromatic carbocycles. The van der Waals surface area contributed by atoms with Crippen LogP contribution in [-0.2, 0) is 0 Å². The highest BCUT2D eigenvalue weighted by molar-refractivity contribution is 5.95. The van der Waals surface area contributed by atoms with Gasteiger partial charge in [0, 0.05) is 24.2 Å². The van der Waals surface area contributed by atoms with Crippen LogP contribution in [0.4, 0.5) is 11.4 Å². The first-order chi connectivity index (χ1) is 9.61. The predicted octanol–water partition coefficient (Wildman–Crippen LogP) is 1.25. The van der Waals surface area contributed by atoms with Crippen LogP contribution in [0.2, 0.25) is 0 Å². The monoisotopic (exact) mass is 278 g/mol. The lowest BCUT2D eigenvalue weighted by Crippen LogP contribution is -2.26. The summed E-state index contributed by atoms with van der Waals surface area (Å²) in [7, 11) is 0. The van der Waals surface area contributed by atoms with Gasteiger partial charge in [0.15, 0.2) is 0 Å². The molecule has 0 unspecified atom stereocenters. The molecule has 2 rings (SSSR count). The molecule has 108 valence electrons. The van der Waals surface area contributed by atoms with Gasteiger partial charge in [-0.25, -0.2) is 0 Å². The van der Waals surface area contributed by atoms with E-state index in [0.717, 1.165) is 12.8 Å². The number of hydrogen-bond donors (Lipinski definition) is 3. The molecular formula is C13H18N4O3. The summed E-state index contributed by atoms with van der Waals surface area (Å²) in [5.41, 5.74) is 6.03. The minimum Gasteiger partial charge on any atom is -0.377 e. The Morgan fingerprint density at radius 1 is 1.45 bits per heavy atom. The number of nitrogens with zero attached hydrogens (tertiary/aromatic N) is 1. The topological polar surface area (TPSA) is 110 Å². The summed E-state index contributed by atoms with van der Waals surface area (Å²) in [6.07, 6.45) is 2.73. The van der Waals surface area contributed by atoms with Crippen LogP contribution in [0.1, 0.15) is 29.6 Å². The van der Waals surface area contributed by atoms with Crippen molar-refractivity contribution in [1.82, 2.24) is 5.32 Å². The van der Waals surface area contributed by atoms with Gasteiger partial charge >= 0.3 is 0 Å². The third kappa shape index (κ3) is 3.67. The zero-order chi connectivity index (χ0) is 14.5. The van der Waals surface area contributed by atoms with Crippen molar-refractivity contribution in [2.45, 2.75) is 25.3 Å². The van der Waals surface area contributed by atoms with E-state index in [-0.39, 0.29) is 17.2 Å². The maximum atomic E-state index is 11.8. The summed E-state index contributed by atoms with van der Waals surface area (Å²) >= 11 is 0. The molecule has 7 heteroatoms. The van der Waals surface area contributed by atoms with Crippen molar-refractivity contribution in [3.63, 3.8) is 0 Å². The van der Waals surface area contributed by atoms with Crippen LogP contribution in [0.5, 0.6) is 0 Å². The van der Waals surface area contributed by atoms with Gasteiger partial charge in [-0.05, 0) is 37.9 Å². The Hall–Kier alpha value is -2.15. The number of rotatable bonds is 7. The first-order valence-corrected chi connectivity index (χ1v) is 6.65. The van der Waals surface area contributed by atoms with Gasteiger partial charge in [-0.1, -0.05) is 0 Å². The van der Waals surface area contributed by atoms with Crippen LogP contribution in [-0.4, -0.2) is 30.0 Å². The zero-order valence-corrected chi connectivity index (χ0v) is 11.1. The maximum Gasteiger partial charge on any atom is 0.293 e. The molecule has 1 amide bonds. The van der Waals surface area contributed by atoms with Crippen LogP contribution in [0.25, 0.3) is 0 Å². The predicted molar refractivity (Wildman–Crippen MR) is 75.7 cm³/mol. The first-order valence-electron chi connectivity index (χ1n) is 6.65. The Morgan fingerprint density at radius 3 is 2.80 bits per heavy atom. The van der Waals surface area contributed by atoms with Crippen LogP contribution >= 0.6 is 0 Å². The number of nitrogens with one attached hydrogen (secondary N) is 2. The van der Waals surface area contributed by atoms with Crippen LogP contribution < -0.4 is 16.4 Å². The number of amides is 1. The molecule has 0 saturated heterocycles. The average Bonchev–Trinajstić information content (AvgIpc) is 3.23. The van der Waals surface area contributed by atoms with E-state index in [1.54, 1.807) is 12.1 Å². The molecular weight excluding hydrogens is 260 g/mol. The van der Waals surface area contributed by atoms with Gasteiger partial charge in [-0.3, -0.25) is 14.9 Å². The molecule has 1 aromatic rings. The van der Waals surface area contributed by atoms with E-state index in [4.69, 9.17) is 5.73 Å². The summed E-state index contributed by atoms with van der Waals surface area (Å²) < 4.78 is 0. The van der Waals surface area contributed by atoms with E-state index in [9.17, 15) is 14.9 Å².